The number of ether oxygens (including phenoxy) is 2. The van der Waals surface area contributed by atoms with Crippen LogP contribution in [-0.4, -0.2) is 24.0 Å². The lowest BCUT2D eigenvalue weighted by atomic mass is 10.1. The highest BCUT2D eigenvalue weighted by atomic mass is 19.1. The molecule has 5 nitrogen and oxygen atoms in total. The molecule has 2 N–H and O–H groups in total. The molecule has 0 saturated carbocycles. The van der Waals surface area contributed by atoms with Crippen molar-refractivity contribution in [3.8, 4) is 22.6 Å². The summed E-state index contributed by atoms with van der Waals surface area (Å²) < 4.78 is 25.3. The van der Waals surface area contributed by atoms with E-state index in [0.717, 1.165) is 0 Å². The topological polar surface area (TPSA) is 62.3 Å². The van der Waals surface area contributed by atoms with Gasteiger partial charge in [-0.3, -0.25) is 4.68 Å². The number of anilines is 1. The SMILES string of the molecule is COc1c(F)ccc(-c2cnn(C)c2N)c1OC. The molecule has 0 aliphatic rings. The minimum Gasteiger partial charge on any atom is -0.492 e. The maximum atomic E-state index is 13.6. The van der Waals surface area contributed by atoms with Crippen LogP contribution in [0.25, 0.3) is 11.1 Å². The highest BCUT2D eigenvalue weighted by Crippen LogP contribution is 2.41. The first-order valence-electron chi connectivity index (χ1n) is 5.28. The van der Waals surface area contributed by atoms with Crippen molar-refractivity contribution < 1.29 is 13.9 Å². The first-order chi connectivity index (χ1) is 8.60. The van der Waals surface area contributed by atoms with Crippen molar-refractivity contribution in [3.05, 3.63) is 24.1 Å². The number of hydrogen-bond acceptors (Lipinski definition) is 4. The predicted octanol–water partition coefficient (Wildman–Crippen LogP) is 1.83. The lowest BCUT2D eigenvalue weighted by Gasteiger charge is -2.13. The molecule has 1 heterocycles. The number of rotatable bonds is 3. The second kappa shape index (κ2) is 4.56. The lowest BCUT2D eigenvalue weighted by Crippen LogP contribution is -2.00. The molecule has 1 aromatic carbocycles. The zero-order chi connectivity index (χ0) is 13.3. The third-order valence-corrected chi connectivity index (χ3v) is 2.75. The predicted molar refractivity (Wildman–Crippen MR) is 66.1 cm³/mol. The average molecular weight is 251 g/mol. The van der Waals surface area contributed by atoms with E-state index in [1.165, 1.54) is 25.0 Å². The Kier molecular flexibility index (Phi) is 3.10. The van der Waals surface area contributed by atoms with Crippen LogP contribution in [0.3, 0.4) is 0 Å². The summed E-state index contributed by atoms with van der Waals surface area (Å²) in [4.78, 5) is 0. The molecule has 0 amide bonds. The summed E-state index contributed by atoms with van der Waals surface area (Å²) in [5, 5.41) is 4.05. The van der Waals surface area contributed by atoms with Crippen molar-refractivity contribution in [2.45, 2.75) is 0 Å². The molecule has 2 rings (SSSR count). The first kappa shape index (κ1) is 12.2. The summed E-state index contributed by atoms with van der Waals surface area (Å²) in [5.41, 5.74) is 7.21. The van der Waals surface area contributed by atoms with Gasteiger partial charge in [-0.1, -0.05) is 0 Å². The Bertz CT molecular complexity index is 581. The molecule has 96 valence electrons. The number of nitrogen functional groups attached to an aromatic ring is 1. The first-order valence-corrected chi connectivity index (χ1v) is 5.28. The van der Waals surface area contributed by atoms with Gasteiger partial charge in [-0.05, 0) is 12.1 Å². The molecule has 2 aromatic rings. The van der Waals surface area contributed by atoms with Gasteiger partial charge in [0.05, 0.1) is 20.4 Å². The van der Waals surface area contributed by atoms with Crippen LogP contribution in [0.1, 0.15) is 0 Å². The zero-order valence-corrected chi connectivity index (χ0v) is 10.4. The van der Waals surface area contributed by atoms with E-state index in [2.05, 4.69) is 5.10 Å². The van der Waals surface area contributed by atoms with Crippen LogP contribution in [0.15, 0.2) is 18.3 Å². The molecule has 1 aromatic heterocycles. The van der Waals surface area contributed by atoms with E-state index in [0.29, 0.717) is 22.7 Å². The minimum atomic E-state index is -0.486. The van der Waals surface area contributed by atoms with E-state index in [9.17, 15) is 4.39 Å². The highest BCUT2D eigenvalue weighted by Gasteiger charge is 2.19. The second-order valence-electron chi connectivity index (χ2n) is 3.73. The highest BCUT2D eigenvalue weighted by molar-refractivity contribution is 5.80. The van der Waals surface area contributed by atoms with E-state index in [1.54, 1.807) is 19.3 Å². The fraction of sp³-hybridized carbons (Fsp3) is 0.250. The smallest absolute Gasteiger partial charge is 0.197 e. The van der Waals surface area contributed by atoms with Crippen LogP contribution in [0, 0.1) is 5.82 Å². The van der Waals surface area contributed by atoms with Gasteiger partial charge in [0.25, 0.3) is 0 Å². The van der Waals surface area contributed by atoms with Crippen LogP contribution in [0.2, 0.25) is 0 Å². The van der Waals surface area contributed by atoms with Gasteiger partial charge in [0, 0.05) is 18.2 Å². The fourth-order valence-corrected chi connectivity index (χ4v) is 1.80. The van der Waals surface area contributed by atoms with Crippen molar-refractivity contribution in [3.63, 3.8) is 0 Å². The van der Waals surface area contributed by atoms with E-state index < -0.39 is 5.82 Å². The van der Waals surface area contributed by atoms with Gasteiger partial charge in [0.15, 0.2) is 17.3 Å². The molecule has 18 heavy (non-hydrogen) atoms. The van der Waals surface area contributed by atoms with Gasteiger partial charge < -0.3 is 15.2 Å². The Morgan fingerprint density at radius 3 is 2.33 bits per heavy atom. The Hall–Kier alpha value is -2.24. The number of nitrogens with zero attached hydrogens (tertiary/aromatic N) is 2. The zero-order valence-electron chi connectivity index (χ0n) is 10.4. The summed E-state index contributed by atoms with van der Waals surface area (Å²) in [6, 6.07) is 2.90. The summed E-state index contributed by atoms with van der Waals surface area (Å²) in [6.45, 7) is 0. The minimum absolute atomic E-state index is 0.0539. The van der Waals surface area contributed by atoms with Crippen molar-refractivity contribution in [1.82, 2.24) is 9.78 Å². The number of methoxy groups -OCH3 is 2. The Morgan fingerprint density at radius 2 is 1.83 bits per heavy atom. The average Bonchev–Trinajstić information content (AvgIpc) is 2.69. The largest absolute Gasteiger partial charge is 0.492 e. The molecule has 0 aliphatic heterocycles. The monoisotopic (exact) mass is 251 g/mol. The van der Waals surface area contributed by atoms with Gasteiger partial charge in [-0.2, -0.15) is 5.10 Å². The number of aryl methyl sites for hydroxylation is 1. The van der Waals surface area contributed by atoms with Crippen molar-refractivity contribution in [2.24, 2.45) is 7.05 Å². The van der Waals surface area contributed by atoms with E-state index >= 15 is 0 Å². The van der Waals surface area contributed by atoms with E-state index in [4.69, 9.17) is 15.2 Å². The molecule has 0 radical (unpaired) electrons. The quantitative estimate of drug-likeness (QED) is 0.903. The molecular weight excluding hydrogens is 237 g/mol. The van der Waals surface area contributed by atoms with Crippen molar-refractivity contribution in [2.75, 3.05) is 20.0 Å². The molecular formula is C12H14FN3O2. The number of aromatic nitrogens is 2. The molecule has 0 unspecified atom stereocenters. The molecule has 6 heteroatoms. The van der Waals surface area contributed by atoms with Crippen LogP contribution < -0.4 is 15.2 Å². The molecule has 0 saturated heterocycles. The second-order valence-corrected chi connectivity index (χ2v) is 3.73. The standard InChI is InChI=1S/C12H14FN3O2/c1-16-12(14)8(6-15-16)7-4-5-9(13)11(18-3)10(7)17-2/h4-6H,14H2,1-3H3. The summed E-state index contributed by atoms with van der Waals surface area (Å²) >= 11 is 0. The van der Waals surface area contributed by atoms with Gasteiger partial charge in [0.1, 0.15) is 5.82 Å². The molecule has 0 fully saturated rings. The Morgan fingerprint density at radius 1 is 1.17 bits per heavy atom. The number of nitrogens with two attached hydrogens (primary N) is 1. The Labute approximate surface area is 104 Å². The van der Waals surface area contributed by atoms with Crippen molar-refractivity contribution >= 4 is 5.82 Å². The lowest BCUT2D eigenvalue weighted by molar-refractivity contribution is 0.338. The Balaban J connectivity index is 2.68. The molecule has 0 bridgehead atoms. The van der Waals surface area contributed by atoms with Crippen LogP contribution in [0.5, 0.6) is 11.5 Å². The third-order valence-electron chi connectivity index (χ3n) is 2.75. The normalized spacial score (nSPS) is 10.4. The number of benzene rings is 1. The van der Waals surface area contributed by atoms with E-state index in [-0.39, 0.29) is 5.75 Å². The van der Waals surface area contributed by atoms with Crippen LogP contribution in [-0.2, 0) is 7.05 Å². The maximum absolute atomic E-state index is 13.6. The van der Waals surface area contributed by atoms with Gasteiger partial charge >= 0.3 is 0 Å². The molecule has 0 atom stereocenters. The number of hydrogen-bond donors (Lipinski definition) is 1. The van der Waals surface area contributed by atoms with Crippen LogP contribution >= 0.6 is 0 Å². The van der Waals surface area contributed by atoms with E-state index in [1.807, 2.05) is 0 Å². The number of halogens is 1. The molecule has 0 spiro atoms. The van der Waals surface area contributed by atoms with Gasteiger partial charge in [-0.15, -0.1) is 0 Å². The summed E-state index contributed by atoms with van der Waals surface area (Å²) in [6.07, 6.45) is 1.60. The van der Waals surface area contributed by atoms with Crippen molar-refractivity contribution in [1.29, 1.82) is 0 Å². The molecule has 0 aliphatic carbocycles. The van der Waals surface area contributed by atoms with Gasteiger partial charge in [0.2, 0.25) is 0 Å². The third kappa shape index (κ3) is 1.75. The maximum Gasteiger partial charge on any atom is 0.197 e. The fourth-order valence-electron chi connectivity index (χ4n) is 1.80. The summed E-state index contributed by atoms with van der Waals surface area (Å²) in [7, 11) is 4.57. The summed E-state index contributed by atoms with van der Waals surface area (Å²) in [5.74, 6) is 0.345. The van der Waals surface area contributed by atoms with Gasteiger partial charge in [-0.25, -0.2) is 4.39 Å². The van der Waals surface area contributed by atoms with Crippen LogP contribution in [0.4, 0.5) is 10.2 Å².